The van der Waals surface area contributed by atoms with Crippen molar-refractivity contribution in [2.45, 2.75) is 70.4 Å². The Morgan fingerprint density at radius 3 is 2.67 bits per heavy atom. The van der Waals surface area contributed by atoms with Gasteiger partial charge in [0.1, 0.15) is 11.8 Å². The summed E-state index contributed by atoms with van der Waals surface area (Å²) in [7, 11) is 0. The topological polar surface area (TPSA) is 61.8 Å². The number of nitrogens with zero attached hydrogens (tertiary/aromatic N) is 1. The minimum atomic E-state index is -0.642. The zero-order valence-corrected chi connectivity index (χ0v) is 11.5. The number of ether oxygens (including phenoxy) is 1. The summed E-state index contributed by atoms with van der Waals surface area (Å²) in [5, 5.41) is 13.0. The summed E-state index contributed by atoms with van der Waals surface area (Å²) < 4.78 is 5.42. The van der Waals surface area contributed by atoms with Gasteiger partial charge in [-0.15, -0.1) is 0 Å². The van der Waals surface area contributed by atoms with Gasteiger partial charge in [0.25, 0.3) is 0 Å². The highest BCUT2D eigenvalue weighted by Crippen LogP contribution is 2.27. The fourth-order valence-corrected chi connectivity index (χ4v) is 2.83. The van der Waals surface area contributed by atoms with Gasteiger partial charge in [-0.3, -0.25) is 10.2 Å². The van der Waals surface area contributed by atoms with E-state index in [2.05, 4.69) is 5.32 Å². The predicted octanol–water partition coefficient (Wildman–Crippen LogP) is 1.46. The van der Waals surface area contributed by atoms with Gasteiger partial charge in [-0.2, -0.15) is 0 Å². The average Bonchev–Trinajstić information content (AvgIpc) is 2.25. The largest absolute Gasteiger partial charge is 0.444 e. The third kappa shape index (κ3) is 3.14. The number of carbonyl (C=O) groups is 1. The van der Waals surface area contributed by atoms with E-state index >= 15 is 0 Å². The van der Waals surface area contributed by atoms with Crippen LogP contribution in [0.25, 0.3) is 0 Å². The summed E-state index contributed by atoms with van der Waals surface area (Å²) in [5.41, 5.74) is -0.489. The molecule has 3 unspecified atom stereocenters. The van der Waals surface area contributed by atoms with Crippen molar-refractivity contribution in [3.63, 3.8) is 0 Å². The molecule has 0 radical (unpaired) electrons. The molecule has 0 aromatic heterocycles. The van der Waals surface area contributed by atoms with Gasteiger partial charge in [-0.25, -0.2) is 4.79 Å². The fraction of sp³-hybridized carbons (Fsp3) is 0.923. The molecule has 5 heteroatoms. The molecule has 0 aromatic rings. The molecular weight excluding hydrogens is 232 g/mol. The van der Waals surface area contributed by atoms with E-state index in [-0.39, 0.29) is 18.2 Å². The highest BCUT2D eigenvalue weighted by atomic mass is 16.6. The van der Waals surface area contributed by atoms with Crippen LogP contribution in [0.3, 0.4) is 0 Å². The lowest BCUT2D eigenvalue weighted by molar-refractivity contribution is -0.0392. The molecule has 3 atom stereocenters. The van der Waals surface area contributed by atoms with Crippen molar-refractivity contribution in [1.82, 2.24) is 10.2 Å². The Kier molecular flexibility index (Phi) is 3.82. The molecule has 1 heterocycles. The van der Waals surface area contributed by atoms with Crippen LogP contribution in [-0.2, 0) is 4.74 Å². The molecule has 0 bridgehead atoms. The van der Waals surface area contributed by atoms with Crippen molar-refractivity contribution in [2.24, 2.45) is 0 Å². The zero-order valence-electron chi connectivity index (χ0n) is 11.5. The molecule has 1 amide bonds. The molecule has 0 aromatic carbocycles. The number of piperazine rings is 1. The highest BCUT2D eigenvalue weighted by Gasteiger charge is 2.40. The van der Waals surface area contributed by atoms with Crippen molar-refractivity contribution < 1.29 is 14.6 Å². The summed E-state index contributed by atoms with van der Waals surface area (Å²) in [5.74, 6) is 0. The molecule has 5 nitrogen and oxygen atoms in total. The van der Waals surface area contributed by atoms with Gasteiger partial charge >= 0.3 is 6.09 Å². The second kappa shape index (κ2) is 5.05. The van der Waals surface area contributed by atoms with E-state index in [1.165, 1.54) is 0 Å². The first-order valence-electron chi connectivity index (χ1n) is 6.80. The number of hydrogen-bond donors (Lipinski definition) is 2. The van der Waals surface area contributed by atoms with Crippen LogP contribution < -0.4 is 5.32 Å². The number of aliphatic hydroxyl groups excluding tert-OH is 1. The third-order valence-electron chi connectivity index (χ3n) is 3.53. The van der Waals surface area contributed by atoms with Crippen molar-refractivity contribution in [3.8, 4) is 0 Å². The summed E-state index contributed by atoms with van der Waals surface area (Å²) in [6.45, 7) is 5.90. The van der Waals surface area contributed by atoms with Crippen molar-refractivity contribution in [2.75, 3.05) is 6.54 Å². The Labute approximate surface area is 108 Å². The Balaban J connectivity index is 2.06. The van der Waals surface area contributed by atoms with E-state index in [4.69, 9.17) is 4.74 Å². The molecule has 2 N–H and O–H groups in total. The Hall–Kier alpha value is -0.810. The van der Waals surface area contributed by atoms with E-state index in [0.717, 1.165) is 25.7 Å². The highest BCUT2D eigenvalue weighted by molar-refractivity contribution is 5.69. The molecule has 2 aliphatic rings. The Bertz CT molecular complexity index is 314. The number of carbonyl (C=O) groups excluding carboxylic acids is 1. The first-order chi connectivity index (χ1) is 8.37. The minimum absolute atomic E-state index is 0.164. The van der Waals surface area contributed by atoms with Gasteiger partial charge in [0, 0.05) is 6.04 Å². The van der Waals surface area contributed by atoms with Crippen LogP contribution in [0.1, 0.15) is 46.5 Å². The van der Waals surface area contributed by atoms with Gasteiger partial charge in [0.05, 0.1) is 12.6 Å². The van der Waals surface area contributed by atoms with Crippen LogP contribution in [0.4, 0.5) is 4.79 Å². The summed E-state index contributed by atoms with van der Waals surface area (Å²) in [6, 6.07) is 0.368. The summed E-state index contributed by atoms with van der Waals surface area (Å²) >= 11 is 0. The van der Waals surface area contributed by atoms with Crippen molar-refractivity contribution in [3.05, 3.63) is 0 Å². The third-order valence-corrected chi connectivity index (χ3v) is 3.53. The quantitative estimate of drug-likeness (QED) is 0.689. The monoisotopic (exact) mass is 256 g/mol. The van der Waals surface area contributed by atoms with Gasteiger partial charge in [0.15, 0.2) is 0 Å². The number of aliphatic hydroxyl groups is 1. The van der Waals surface area contributed by atoms with Gasteiger partial charge in [-0.05, 0) is 33.6 Å². The molecule has 0 spiro atoms. The molecule has 1 saturated heterocycles. The number of fused-ring (bicyclic) bond motifs is 1. The number of amides is 1. The zero-order chi connectivity index (χ0) is 13.3. The average molecular weight is 256 g/mol. The maximum atomic E-state index is 12.2. The predicted molar refractivity (Wildman–Crippen MR) is 68.1 cm³/mol. The van der Waals surface area contributed by atoms with E-state index in [9.17, 15) is 9.90 Å². The SMILES string of the molecule is CC(C)(C)OC(=O)N1CC(O)NC2CCCCC21. The molecule has 18 heavy (non-hydrogen) atoms. The van der Waals surface area contributed by atoms with E-state index < -0.39 is 11.8 Å². The van der Waals surface area contributed by atoms with Gasteiger partial charge < -0.3 is 9.84 Å². The van der Waals surface area contributed by atoms with Crippen LogP contribution in [0, 0.1) is 0 Å². The normalized spacial score (nSPS) is 32.9. The number of β-amino-alcohol motifs (C(OH)–C–C–N with tert-alkyl or cyclic N) is 1. The van der Waals surface area contributed by atoms with Crippen LogP contribution >= 0.6 is 0 Å². The first kappa shape index (κ1) is 13.6. The lowest BCUT2D eigenvalue weighted by Gasteiger charge is -2.46. The molecule has 1 aliphatic carbocycles. The summed E-state index contributed by atoms with van der Waals surface area (Å²) in [4.78, 5) is 13.9. The van der Waals surface area contributed by atoms with Crippen LogP contribution in [0.2, 0.25) is 0 Å². The first-order valence-corrected chi connectivity index (χ1v) is 6.80. The lowest BCUT2D eigenvalue weighted by atomic mass is 9.87. The molecule has 2 fully saturated rings. The maximum Gasteiger partial charge on any atom is 0.410 e. The maximum absolute atomic E-state index is 12.2. The van der Waals surface area contributed by atoms with E-state index in [0.29, 0.717) is 6.54 Å². The van der Waals surface area contributed by atoms with Gasteiger partial charge in [0.2, 0.25) is 0 Å². The second-order valence-corrected chi connectivity index (χ2v) is 6.27. The lowest BCUT2D eigenvalue weighted by Crippen LogP contribution is -2.64. The Morgan fingerprint density at radius 1 is 1.33 bits per heavy atom. The Morgan fingerprint density at radius 2 is 2.00 bits per heavy atom. The van der Waals surface area contributed by atoms with Crippen LogP contribution in [-0.4, -0.2) is 46.6 Å². The number of nitrogens with one attached hydrogen (secondary N) is 1. The fourth-order valence-electron chi connectivity index (χ4n) is 2.83. The number of hydrogen-bond acceptors (Lipinski definition) is 4. The van der Waals surface area contributed by atoms with Gasteiger partial charge in [-0.1, -0.05) is 12.8 Å². The van der Waals surface area contributed by atoms with Crippen LogP contribution in [0.5, 0.6) is 0 Å². The number of rotatable bonds is 0. The molecule has 104 valence electrons. The second-order valence-electron chi connectivity index (χ2n) is 6.27. The molecule has 1 aliphatic heterocycles. The van der Waals surface area contributed by atoms with Crippen molar-refractivity contribution >= 4 is 6.09 Å². The molecular formula is C13H24N2O3. The van der Waals surface area contributed by atoms with E-state index in [1.54, 1.807) is 4.90 Å². The van der Waals surface area contributed by atoms with Crippen molar-refractivity contribution in [1.29, 1.82) is 0 Å². The van der Waals surface area contributed by atoms with E-state index in [1.807, 2.05) is 20.8 Å². The summed E-state index contributed by atoms with van der Waals surface area (Å²) in [6.07, 6.45) is 3.35. The minimum Gasteiger partial charge on any atom is -0.444 e. The van der Waals surface area contributed by atoms with Crippen LogP contribution in [0.15, 0.2) is 0 Å². The molecule has 2 rings (SSSR count). The standard InChI is InChI=1S/C13H24N2O3/c1-13(2,3)18-12(17)15-8-11(16)14-9-6-4-5-7-10(9)15/h9-11,14,16H,4-8H2,1-3H3. The molecule has 1 saturated carbocycles. The smallest absolute Gasteiger partial charge is 0.410 e.